The minimum absolute atomic E-state index is 0.0280. The van der Waals surface area contributed by atoms with Gasteiger partial charge in [0.2, 0.25) is 0 Å². The van der Waals surface area contributed by atoms with Crippen LogP contribution in [0, 0.1) is 5.82 Å². The molecule has 1 N–H and O–H groups in total. The van der Waals surface area contributed by atoms with Crippen molar-refractivity contribution in [3.63, 3.8) is 0 Å². The van der Waals surface area contributed by atoms with E-state index in [-0.39, 0.29) is 11.9 Å². The molecular weight excluding hydrogens is 225 g/mol. The van der Waals surface area contributed by atoms with E-state index in [1.807, 2.05) is 13.8 Å². The molecule has 0 spiro atoms. The number of halogens is 2. The Kier molecular flexibility index (Phi) is 4.97. The maximum absolute atomic E-state index is 13.7. The molecule has 3 heteroatoms. The Morgan fingerprint density at radius 1 is 1.56 bits per heavy atom. The van der Waals surface area contributed by atoms with Gasteiger partial charge in [-0.25, -0.2) is 4.39 Å². The summed E-state index contributed by atoms with van der Waals surface area (Å²) in [6.45, 7) is 8.59. The van der Waals surface area contributed by atoms with E-state index in [1.165, 1.54) is 6.07 Å². The van der Waals surface area contributed by atoms with E-state index in [2.05, 4.69) is 11.9 Å². The molecule has 1 rings (SSSR count). The van der Waals surface area contributed by atoms with Crippen LogP contribution in [-0.2, 0) is 0 Å². The molecule has 0 aliphatic carbocycles. The van der Waals surface area contributed by atoms with Gasteiger partial charge in [0.15, 0.2) is 0 Å². The van der Waals surface area contributed by atoms with E-state index >= 15 is 0 Å². The Hall–Kier alpha value is -0.860. The second-order valence-electron chi connectivity index (χ2n) is 3.94. The first kappa shape index (κ1) is 13.2. The van der Waals surface area contributed by atoms with Crippen molar-refractivity contribution in [2.24, 2.45) is 0 Å². The summed E-state index contributed by atoms with van der Waals surface area (Å²) in [7, 11) is 0. The monoisotopic (exact) mass is 241 g/mol. The molecule has 0 aromatic heterocycles. The fourth-order valence-corrected chi connectivity index (χ4v) is 1.83. The Balaban J connectivity index is 2.95. The summed E-state index contributed by atoms with van der Waals surface area (Å²) in [5.74, 6) is -0.264. The maximum Gasteiger partial charge on any atom is 0.129 e. The van der Waals surface area contributed by atoms with E-state index in [0.717, 1.165) is 18.5 Å². The molecule has 1 unspecified atom stereocenters. The second kappa shape index (κ2) is 6.02. The highest BCUT2D eigenvalue weighted by Gasteiger charge is 2.14. The van der Waals surface area contributed by atoms with Crippen molar-refractivity contribution in [3.8, 4) is 0 Å². The van der Waals surface area contributed by atoms with E-state index < -0.39 is 0 Å². The Morgan fingerprint density at radius 2 is 2.25 bits per heavy atom. The summed E-state index contributed by atoms with van der Waals surface area (Å²) in [5, 5.41) is 3.67. The van der Waals surface area contributed by atoms with Crippen molar-refractivity contribution in [2.75, 3.05) is 6.54 Å². The molecule has 0 saturated heterocycles. The third-order valence-corrected chi connectivity index (χ3v) is 2.58. The maximum atomic E-state index is 13.7. The zero-order valence-corrected chi connectivity index (χ0v) is 10.4. The van der Waals surface area contributed by atoms with Gasteiger partial charge in [-0.15, -0.1) is 6.58 Å². The van der Waals surface area contributed by atoms with Gasteiger partial charge in [0.05, 0.1) is 0 Å². The van der Waals surface area contributed by atoms with Crippen LogP contribution in [0.25, 0.3) is 0 Å². The SMILES string of the molecule is C=C(C)CC(NCC)c1ccc(Cl)cc1F. The summed E-state index contributed by atoms with van der Waals surface area (Å²) >= 11 is 5.73. The molecule has 1 aromatic carbocycles. The zero-order chi connectivity index (χ0) is 12.1. The predicted octanol–water partition coefficient (Wildman–Crippen LogP) is 4.10. The van der Waals surface area contributed by atoms with Crippen LogP contribution in [0.1, 0.15) is 31.9 Å². The lowest BCUT2D eigenvalue weighted by Gasteiger charge is -2.19. The highest BCUT2D eigenvalue weighted by atomic mass is 35.5. The van der Waals surface area contributed by atoms with Gasteiger partial charge in [-0.05, 0) is 32.0 Å². The minimum Gasteiger partial charge on any atom is -0.310 e. The largest absolute Gasteiger partial charge is 0.310 e. The predicted molar refractivity (Wildman–Crippen MR) is 67.3 cm³/mol. The summed E-state index contributed by atoms with van der Waals surface area (Å²) in [6.07, 6.45) is 0.729. The average molecular weight is 242 g/mol. The average Bonchev–Trinajstić information content (AvgIpc) is 2.16. The first-order chi connectivity index (χ1) is 7.54. The lowest BCUT2D eigenvalue weighted by atomic mass is 10.00. The van der Waals surface area contributed by atoms with Crippen LogP contribution in [0.4, 0.5) is 4.39 Å². The number of nitrogens with one attached hydrogen (secondary N) is 1. The molecule has 0 fully saturated rings. The summed E-state index contributed by atoms with van der Waals surface area (Å²) in [4.78, 5) is 0. The molecule has 88 valence electrons. The van der Waals surface area contributed by atoms with Gasteiger partial charge < -0.3 is 5.32 Å². The lowest BCUT2D eigenvalue weighted by Crippen LogP contribution is -2.22. The first-order valence-corrected chi connectivity index (χ1v) is 5.75. The number of hydrogen-bond acceptors (Lipinski definition) is 1. The number of hydrogen-bond donors (Lipinski definition) is 1. The topological polar surface area (TPSA) is 12.0 Å². The van der Waals surface area contributed by atoms with Crippen LogP contribution < -0.4 is 5.32 Å². The highest BCUT2D eigenvalue weighted by molar-refractivity contribution is 6.30. The number of benzene rings is 1. The summed E-state index contributed by atoms with van der Waals surface area (Å²) in [6, 6.07) is 4.76. The van der Waals surface area contributed by atoms with Crippen LogP contribution >= 0.6 is 11.6 Å². The smallest absolute Gasteiger partial charge is 0.129 e. The third-order valence-electron chi connectivity index (χ3n) is 2.34. The van der Waals surface area contributed by atoms with Gasteiger partial charge in [0.25, 0.3) is 0 Å². The third kappa shape index (κ3) is 3.62. The molecule has 0 bridgehead atoms. The summed E-state index contributed by atoms with van der Waals surface area (Å²) < 4.78 is 13.7. The van der Waals surface area contributed by atoms with Gasteiger partial charge in [0.1, 0.15) is 5.82 Å². The summed E-state index contributed by atoms with van der Waals surface area (Å²) in [5.41, 5.74) is 1.68. The van der Waals surface area contributed by atoms with E-state index in [1.54, 1.807) is 12.1 Å². The fourth-order valence-electron chi connectivity index (χ4n) is 1.67. The Labute approximate surface area is 101 Å². The number of rotatable bonds is 5. The van der Waals surface area contributed by atoms with Crippen LogP contribution in [0.15, 0.2) is 30.4 Å². The van der Waals surface area contributed by atoms with Crippen LogP contribution in [0.3, 0.4) is 0 Å². The van der Waals surface area contributed by atoms with Crippen molar-refractivity contribution in [3.05, 3.63) is 46.8 Å². The molecule has 0 saturated carbocycles. The quantitative estimate of drug-likeness (QED) is 0.766. The molecule has 1 aromatic rings. The van der Waals surface area contributed by atoms with Gasteiger partial charge in [-0.3, -0.25) is 0 Å². The second-order valence-corrected chi connectivity index (χ2v) is 4.37. The van der Waals surface area contributed by atoms with Crippen LogP contribution in [-0.4, -0.2) is 6.54 Å². The molecule has 0 radical (unpaired) electrons. The van der Waals surface area contributed by atoms with Crippen LogP contribution in [0.5, 0.6) is 0 Å². The zero-order valence-electron chi connectivity index (χ0n) is 9.69. The lowest BCUT2D eigenvalue weighted by molar-refractivity contribution is 0.509. The van der Waals surface area contributed by atoms with E-state index in [9.17, 15) is 4.39 Å². The molecule has 1 nitrogen and oxygen atoms in total. The van der Waals surface area contributed by atoms with Gasteiger partial charge in [0, 0.05) is 16.6 Å². The molecule has 0 heterocycles. The Morgan fingerprint density at radius 3 is 2.75 bits per heavy atom. The van der Waals surface area contributed by atoms with Gasteiger partial charge in [-0.2, -0.15) is 0 Å². The molecule has 1 atom stereocenters. The van der Waals surface area contributed by atoms with E-state index in [4.69, 9.17) is 11.6 Å². The molecule has 0 amide bonds. The van der Waals surface area contributed by atoms with Crippen molar-refractivity contribution < 1.29 is 4.39 Å². The van der Waals surface area contributed by atoms with Crippen molar-refractivity contribution in [1.82, 2.24) is 5.32 Å². The first-order valence-electron chi connectivity index (χ1n) is 5.37. The normalized spacial score (nSPS) is 12.5. The van der Waals surface area contributed by atoms with Gasteiger partial charge >= 0.3 is 0 Å². The van der Waals surface area contributed by atoms with Crippen molar-refractivity contribution in [1.29, 1.82) is 0 Å². The van der Waals surface area contributed by atoms with Crippen molar-refractivity contribution >= 4 is 11.6 Å². The molecule has 0 aliphatic heterocycles. The molecule has 0 aliphatic rings. The van der Waals surface area contributed by atoms with Crippen molar-refractivity contribution in [2.45, 2.75) is 26.3 Å². The Bertz CT molecular complexity index is 376. The molecule has 16 heavy (non-hydrogen) atoms. The fraction of sp³-hybridized carbons (Fsp3) is 0.385. The molecular formula is C13H17ClFN. The van der Waals surface area contributed by atoms with Gasteiger partial charge in [-0.1, -0.05) is 30.2 Å². The standard InChI is InChI=1S/C13H17ClFN/c1-4-16-13(7-9(2)3)11-6-5-10(14)8-12(11)15/h5-6,8,13,16H,2,4,7H2,1,3H3. The van der Waals surface area contributed by atoms with Crippen LogP contribution in [0.2, 0.25) is 5.02 Å². The highest BCUT2D eigenvalue weighted by Crippen LogP contribution is 2.25. The van der Waals surface area contributed by atoms with E-state index in [0.29, 0.717) is 10.6 Å². The minimum atomic E-state index is -0.264.